The third-order valence-corrected chi connectivity index (χ3v) is 4.15. The lowest BCUT2D eigenvalue weighted by atomic mass is 10.1. The van der Waals surface area contributed by atoms with Crippen molar-refractivity contribution in [1.82, 2.24) is 15.1 Å². The second-order valence-electron chi connectivity index (χ2n) is 6.12. The molecule has 0 amide bonds. The van der Waals surface area contributed by atoms with Crippen molar-refractivity contribution in [1.29, 1.82) is 0 Å². The van der Waals surface area contributed by atoms with E-state index in [9.17, 15) is 13.2 Å². The Morgan fingerprint density at radius 1 is 1.25 bits per heavy atom. The molecule has 9 heteroatoms. The molecule has 0 unspecified atom stereocenters. The molecular weight excluding hydrogens is 373 g/mol. The number of halogens is 3. The van der Waals surface area contributed by atoms with Gasteiger partial charge >= 0.3 is 6.18 Å². The maximum Gasteiger partial charge on any atom is 0.419 e. The third kappa shape index (κ3) is 4.08. The minimum atomic E-state index is -4.58. The van der Waals surface area contributed by atoms with E-state index >= 15 is 0 Å². The van der Waals surface area contributed by atoms with E-state index in [1.54, 1.807) is 32.3 Å². The fourth-order valence-electron chi connectivity index (χ4n) is 2.52. The topological polar surface area (TPSA) is 73.1 Å². The van der Waals surface area contributed by atoms with E-state index in [-0.39, 0.29) is 29.1 Å². The molecule has 0 aliphatic rings. The number of hydrogen-bond donors (Lipinski definition) is 1. The molecule has 0 bridgehead atoms. The normalized spacial score (nSPS) is 12.6. The average molecular weight is 392 g/mol. The highest BCUT2D eigenvalue weighted by molar-refractivity contribution is 5.70. The lowest BCUT2D eigenvalue weighted by molar-refractivity contribution is -0.139. The van der Waals surface area contributed by atoms with Crippen molar-refractivity contribution in [3.63, 3.8) is 0 Å². The van der Waals surface area contributed by atoms with Crippen molar-refractivity contribution in [2.24, 2.45) is 0 Å². The number of ether oxygens (including phenoxy) is 1. The lowest BCUT2D eigenvalue weighted by Crippen LogP contribution is -2.15. The van der Waals surface area contributed by atoms with E-state index in [4.69, 9.17) is 9.26 Å². The molecule has 3 aromatic rings. The second kappa shape index (κ2) is 7.87. The van der Waals surface area contributed by atoms with Gasteiger partial charge in [-0.3, -0.25) is 0 Å². The quantitative estimate of drug-likeness (QED) is 0.634. The Hall–Kier alpha value is -3.10. The van der Waals surface area contributed by atoms with Crippen LogP contribution in [-0.2, 0) is 6.18 Å². The van der Waals surface area contributed by atoms with Crippen LogP contribution in [0.5, 0.6) is 5.75 Å². The van der Waals surface area contributed by atoms with Gasteiger partial charge in [0.1, 0.15) is 11.6 Å². The summed E-state index contributed by atoms with van der Waals surface area (Å²) in [4.78, 5) is 8.37. The Bertz CT molecular complexity index is 956. The van der Waals surface area contributed by atoms with Gasteiger partial charge in [-0.05, 0) is 43.7 Å². The summed E-state index contributed by atoms with van der Waals surface area (Å²) in [5.74, 6) is 0.501. The highest BCUT2D eigenvalue weighted by atomic mass is 19.4. The van der Waals surface area contributed by atoms with Gasteiger partial charge in [-0.2, -0.15) is 18.2 Å². The van der Waals surface area contributed by atoms with E-state index < -0.39 is 11.7 Å². The Labute approximate surface area is 159 Å². The molecule has 28 heavy (non-hydrogen) atoms. The minimum Gasteiger partial charge on any atom is -0.490 e. The number of alkyl halides is 3. The van der Waals surface area contributed by atoms with E-state index in [1.165, 1.54) is 12.1 Å². The number of rotatable bonds is 6. The van der Waals surface area contributed by atoms with Crippen molar-refractivity contribution in [2.75, 3.05) is 12.4 Å². The molecule has 148 valence electrons. The maximum absolute atomic E-state index is 13.5. The van der Waals surface area contributed by atoms with Crippen LogP contribution in [0.25, 0.3) is 22.8 Å². The molecule has 0 fully saturated rings. The number of nitrogens with one attached hydrogen (secondary N) is 1. The van der Waals surface area contributed by atoms with Crippen molar-refractivity contribution >= 4 is 5.82 Å². The molecule has 1 atom stereocenters. The number of pyridine rings is 1. The van der Waals surface area contributed by atoms with Crippen LogP contribution in [-0.4, -0.2) is 28.3 Å². The van der Waals surface area contributed by atoms with Crippen molar-refractivity contribution in [3.05, 3.63) is 42.1 Å². The summed E-state index contributed by atoms with van der Waals surface area (Å²) in [6, 6.07) is 7.13. The van der Waals surface area contributed by atoms with Crippen molar-refractivity contribution in [2.45, 2.75) is 32.5 Å². The number of benzene rings is 1. The SMILES string of the molecule is CC[C@@H](C)Oc1ccc(-c2nc(-c3cccnc3NC)no2)cc1C(F)(F)F. The average Bonchev–Trinajstić information content (AvgIpc) is 3.17. The molecule has 0 saturated carbocycles. The first kappa shape index (κ1) is 19.7. The largest absolute Gasteiger partial charge is 0.490 e. The monoisotopic (exact) mass is 392 g/mol. The predicted molar refractivity (Wildman–Crippen MR) is 97.9 cm³/mol. The first-order valence-corrected chi connectivity index (χ1v) is 8.68. The first-order chi connectivity index (χ1) is 13.3. The number of aromatic nitrogens is 3. The van der Waals surface area contributed by atoms with Gasteiger partial charge in [0.05, 0.1) is 17.2 Å². The predicted octanol–water partition coefficient (Wildman–Crippen LogP) is 5.04. The zero-order valence-electron chi connectivity index (χ0n) is 15.5. The molecule has 1 N–H and O–H groups in total. The van der Waals surface area contributed by atoms with E-state index in [1.807, 2.05) is 6.92 Å². The molecule has 0 aliphatic carbocycles. The summed E-state index contributed by atoms with van der Waals surface area (Å²) in [5, 5.41) is 6.77. The van der Waals surface area contributed by atoms with Gasteiger partial charge in [0.2, 0.25) is 5.82 Å². The van der Waals surface area contributed by atoms with Crippen LogP contribution in [0.15, 0.2) is 41.1 Å². The van der Waals surface area contributed by atoms with E-state index in [2.05, 4.69) is 20.4 Å². The highest BCUT2D eigenvalue weighted by Crippen LogP contribution is 2.39. The van der Waals surface area contributed by atoms with Gasteiger partial charge in [-0.25, -0.2) is 4.98 Å². The van der Waals surface area contributed by atoms with Crippen molar-refractivity contribution in [3.8, 4) is 28.6 Å². The Morgan fingerprint density at radius 2 is 2.04 bits per heavy atom. The smallest absolute Gasteiger partial charge is 0.419 e. The number of hydrogen-bond acceptors (Lipinski definition) is 6. The van der Waals surface area contributed by atoms with Gasteiger partial charge in [-0.1, -0.05) is 12.1 Å². The summed E-state index contributed by atoms with van der Waals surface area (Å²) in [5.41, 5.74) is -0.160. The molecule has 2 aromatic heterocycles. The zero-order chi connectivity index (χ0) is 20.3. The van der Waals surface area contributed by atoms with Crippen LogP contribution in [0.2, 0.25) is 0 Å². The molecule has 6 nitrogen and oxygen atoms in total. The second-order valence-corrected chi connectivity index (χ2v) is 6.12. The summed E-state index contributed by atoms with van der Waals surface area (Å²) in [7, 11) is 1.69. The van der Waals surface area contributed by atoms with Crippen LogP contribution in [0.3, 0.4) is 0 Å². The minimum absolute atomic E-state index is 0.0264. The van der Waals surface area contributed by atoms with Crippen molar-refractivity contribution < 1.29 is 22.4 Å². The zero-order valence-corrected chi connectivity index (χ0v) is 15.5. The van der Waals surface area contributed by atoms with Gasteiger partial charge < -0.3 is 14.6 Å². The van der Waals surface area contributed by atoms with Gasteiger partial charge in [0.15, 0.2) is 0 Å². The molecule has 0 radical (unpaired) electrons. The maximum atomic E-state index is 13.5. The highest BCUT2D eigenvalue weighted by Gasteiger charge is 2.35. The number of nitrogens with zero attached hydrogens (tertiary/aromatic N) is 3. The molecule has 0 aliphatic heterocycles. The molecule has 2 heterocycles. The van der Waals surface area contributed by atoms with E-state index in [0.29, 0.717) is 17.8 Å². The first-order valence-electron chi connectivity index (χ1n) is 8.68. The summed E-state index contributed by atoms with van der Waals surface area (Å²) in [6.45, 7) is 3.55. The molecule has 0 saturated heterocycles. The number of anilines is 1. The third-order valence-electron chi connectivity index (χ3n) is 4.15. The Kier molecular flexibility index (Phi) is 5.53. The summed E-state index contributed by atoms with van der Waals surface area (Å²) < 4.78 is 51.1. The molecule has 0 spiro atoms. The van der Waals surface area contributed by atoms with Gasteiger partial charge in [0, 0.05) is 18.8 Å². The lowest BCUT2D eigenvalue weighted by Gasteiger charge is -2.18. The van der Waals surface area contributed by atoms with Crippen LogP contribution < -0.4 is 10.1 Å². The molecular formula is C19H19F3N4O2. The summed E-state index contributed by atoms with van der Waals surface area (Å²) >= 11 is 0. The summed E-state index contributed by atoms with van der Waals surface area (Å²) in [6.07, 6.45) is -2.73. The van der Waals surface area contributed by atoms with E-state index in [0.717, 1.165) is 6.07 Å². The van der Waals surface area contributed by atoms with Gasteiger partial charge in [-0.15, -0.1) is 0 Å². The Balaban J connectivity index is 2.00. The fourth-order valence-corrected chi connectivity index (χ4v) is 2.52. The van der Waals surface area contributed by atoms with Crippen LogP contribution in [0, 0.1) is 0 Å². The van der Waals surface area contributed by atoms with Crippen LogP contribution >= 0.6 is 0 Å². The Morgan fingerprint density at radius 3 is 2.71 bits per heavy atom. The van der Waals surface area contributed by atoms with Gasteiger partial charge in [0.25, 0.3) is 5.89 Å². The van der Waals surface area contributed by atoms with Crippen LogP contribution in [0.4, 0.5) is 19.0 Å². The fraction of sp³-hybridized carbons (Fsp3) is 0.316. The van der Waals surface area contributed by atoms with Crippen LogP contribution in [0.1, 0.15) is 25.8 Å². The molecule has 3 rings (SSSR count). The standard InChI is InChI=1S/C19H19F3N4O2/c1-4-11(2)27-15-8-7-12(10-14(15)19(20,21)22)18-25-17(26-28-18)13-6-5-9-24-16(13)23-3/h5-11H,4H2,1-3H3,(H,23,24)/t11-/m1/s1. The molecule has 1 aromatic carbocycles.